The molecule has 0 atom stereocenters. The van der Waals surface area contributed by atoms with Gasteiger partial charge in [-0.2, -0.15) is 0 Å². The van der Waals surface area contributed by atoms with E-state index in [1.54, 1.807) is 20.8 Å². The topological polar surface area (TPSA) is 90.4 Å². The summed E-state index contributed by atoms with van der Waals surface area (Å²) >= 11 is 0. The Morgan fingerprint density at radius 1 is 1.43 bits per heavy atom. The van der Waals surface area contributed by atoms with Crippen molar-refractivity contribution in [3.8, 4) is 11.3 Å². The number of ether oxygens (including phenoxy) is 1. The van der Waals surface area contributed by atoms with Crippen LogP contribution in [0.1, 0.15) is 20.8 Å². The average molecular weight is 293 g/mol. The van der Waals surface area contributed by atoms with Crippen molar-refractivity contribution in [2.75, 3.05) is 11.1 Å². The van der Waals surface area contributed by atoms with Gasteiger partial charge in [0.25, 0.3) is 0 Å². The van der Waals surface area contributed by atoms with Crippen LogP contribution in [-0.4, -0.2) is 16.9 Å². The highest BCUT2D eigenvalue weighted by atomic mass is 19.1. The molecule has 0 fully saturated rings. The predicted molar refractivity (Wildman–Crippen MR) is 76.2 cm³/mol. The van der Waals surface area contributed by atoms with Crippen LogP contribution in [0.5, 0.6) is 0 Å². The average Bonchev–Trinajstić information content (AvgIpc) is 2.75. The highest BCUT2D eigenvalue weighted by Crippen LogP contribution is 2.33. The molecule has 2 aromatic rings. The van der Waals surface area contributed by atoms with Crippen molar-refractivity contribution in [2.45, 2.75) is 26.4 Å². The van der Waals surface area contributed by atoms with Gasteiger partial charge in [0.05, 0.1) is 11.9 Å². The van der Waals surface area contributed by atoms with E-state index < -0.39 is 17.5 Å². The largest absolute Gasteiger partial charge is 0.444 e. The second kappa shape index (κ2) is 5.43. The van der Waals surface area contributed by atoms with Crippen molar-refractivity contribution >= 4 is 17.5 Å². The number of hydrogen-bond donors (Lipinski definition) is 2. The SMILES string of the molecule is CC(C)(C)OC(=O)Nc1ccc(F)cc1-c1oncc1N. The van der Waals surface area contributed by atoms with Gasteiger partial charge in [0.1, 0.15) is 17.1 Å². The third-order valence-corrected chi connectivity index (χ3v) is 2.46. The number of nitrogens with one attached hydrogen (secondary N) is 1. The Morgan fingerprint density at radius 3 is 2.71 bits per heavy atom. The molecule has 112 valence electrons. The molecule has 0 spiro atoms. The normalized spacial score (nSPS) is 11.2. The van der Waals surface area contributed by atoms with Crippen LogP contribution < -0.4 is 11.1 Å². The molecular weight excluding hydrogens is 277 g/mol. The molecule has 0 radical (unpaired) electrons. The molecule has 6 nitrogen and oxygen atoms in total. The van der Waals surface area contributed by atoms with Gasteiger partial charge in [-0.3, -0.25) is 5.32 Å². The van der Waals surface area contributed by atoms with Crippen molar-refractivity contribution < 1.29 is 18.4 Å². The summed E-state index contributed by atoms with van der Waals surface area (Å²) in [7, 11) is 0. The molecule has 2 rings (SSSR count). The van der Waals surface area contributed by atoms with Crippen molar-refractivity contribution in [1.82, 2.24) is 5.16 Å². The van der Waals surface area contributed by atoms with Crippen LogP contribution in [0.25, 0.3) is 11.3 Å². The zero-order valence-electron chi connectivity index (χ0n) is 11.9. The number of nitrogens with zero attached hydrogens (tertiary/aromatic N) is 1. The first-order valence-corrected chi connectivity index (χ1v) is 6.26. The smallest absolute Gasteiger partial charge is 0.412 e. The molecule has 0 saturated carbocycles. The Kier molecular flexibility index (Phi) is 3.84. The van der Waals surface area contributed by atoms with E-state index in [-0.39, 0.29) is 17.0 Å². The molecule has 21 heavy (non-hydrogen) atoms. The monoisotopic (exact) mass is 293 g/mol. The van der Waals surface area contributed by atoms with Crippen LogP contribution in [0.4, 0.5) is 20.6 Å². The van der Waals surface area contributed by atoms with E-state index >= 15 is 0 Å². The zero-order chi connectivity index (χ0) is 15.6. The zero-order valence-corrected chi connectivity index (χ0v) is 11.9. The number of halogens is 1. The molecule has 0 aliphatic carbocycles. The maximum absolute atomic E-state index is 13.4. The molecule has 0 aliphatic rings. The van der Waals surface area contributed by atoms with Gasteiger partial charge in [-0.25, -0.2) is 9.18 Å². The molecular formula is C14H16FN3O3. The number of benzene rings is 1. The molecule has 0 aliphatic heterocycles. The van der Waals surface area contributed by atoms with Crippen LogP contribution >= 0.6 is 0 Å². The maximum atomic E-state index is 13.4. The van der Waals surface area contributed by atoms with Gasteiger partial charge in [-0.15, -0.1) is 0 Å². The summed E-state index contributed by atoms with van der Waals surface area (Å²) in [6.07, 6.45) is 0.644. The van der Waals surface area contributed by atoms with E-state index in [0.717, 1.165) is 0 Å². The number of hydrogen-bond acceptors (Lipinski definition) is 5. The Balaban J connectivity index is 2.32. The molecule has 0 unspecified atom stereocenters. The number of aromatic nitrogens is 1. The summed E-state index contributed by atoms with van der Waals surface area (Å²) in [6, 6.07) is 3.81. The molecule has 0 saturated heterocycles. The lowest BCUT2D eigenvalue weighted by molar-refractivity contribution is 0.0636. The van der Waals surface area contributed by atoms with Gasteiger partial charge in [-0.1, -0.05) is 5.16 Å². The van der Waals surface area contributed by atoms with E-state index in [0.29, 0.717) is 5.69 Å². The van der Waals surface area contributed by atoms with Crippen LogP contribution in [0.3, 0.4) is 0 Å². The van der Waals surface area contributed by atoms with Gasteiger partial charge < -0.3 is 15.0 Å². The van der Waals surface area contributed by atoms with Gasteiger partial charge in [-0.05, 0) is 39.0 Å². The number of carbonyl (C=O) groups excluding carboxylic acids is 1. The maximum Gasteiger partial charge on any atom is 0.412 e. The summed E-state index contributed by atoms with van der Waals surface area (Å²) in [5, 5.41) is 6.08. The molecule has 3 N–H and O–H groups in total. The van der Waals surface area contributed by atoms with Crippen LogP contribution in [-0.2, 0) is 4.74 Å². The highest BCUT2D eigenvalue weighted by Gasteiger charge is 2.19. The van der Waals surface area contributed by atoms with Crippen LogP contribution in [0, 0.1) is 5.82 Å². The van der Waals surface area contributed by atoms with Crippen molar-refractivity contribution in [3.63, 3.8) is 0 Å². The molecule has 0 bridgehead atoms. The lowest BCUT2D eigenvalue weighted by Crippen LogP contribution is -2.27. The van der Waals surface area contributed by atoms with Crippen molar-refractivity contribution in [1.29, 1.82) is 0 Å². The lowest BCUT2D eigenvalue weighted by Gasteiger charge is -2.20. The molecule has 1 aromatic heterocycles. The minimum Gasteiger partial charge on any atom is -0.444 e. The Bertz CT molecular complexity index is 662. The van der Waals surface area contributed by atoms with Gasteiger partial charge in [0, 0.05) is 5.56 Å². The fraction of sp³-hybridized carbons (Fsp3) is 0.286. The summed E-state index contributed by atoms with van der Waals surface area (Å²) < 4.78 is 23.6. The van der Waals surface area contributed by atoms with Crippen LogP contribution in [0.2, 0.25) is 0 Å². The van der Waals surface area contributed by atoms with Crippen molar-refractivity contribution in [2.24, 2.45) is 0 Å². The number of amides is 1. The third-order valence-electron chi connectivity index (χ3n) is 2.46. The van der Waals surface area contributed by atoms with E-state index in [2.05, 4.69) is 10.5 Å². The fourth-order valence-electron chi connectivity index (χ4n) is 1.68. The Labute approximate surface area is 121 Å². The molecule has 1 heterocycles. The van der Waals surface area contributed by atoms with E-state index in [9.17, 15) is 9.18 Å². The molecule has 1 amide bonds. The van der Waals surface area contributed by atoms with E-state index in [1.165, 1.54) is 24.4 Å². The van der Waals surface area contributed by atoms with Gasteiger partial charge in [0.15, 0.2) is 5.76 Å². The number of anilines is 2. The summed E-state index contributed by atoms with van der Waals surface area (Å²) in [6.45, 7) is 5.23. The minimum atomic E-state index is -0.659. The van der Waals surface area contributed by atoms with E-state index in [1.807, 2.05) is 0 Å². The third kappa shape index (κ3) is 3.71. The quantitative estimate of drug-likeness (QED) is 0.885. The number of nitrogens with two attached hydrogens (primary N) is 1. The summed E-state index contributed by atoms with van der Waals surface area (Å²) in [4.78, 5) is 11.8. The van der Waals surface area contributed by atoms with E-state index in [4.69, 9.17) is 15.0 Å². The molecule has 7 heteroatoms. The second-order valence-electron chi connectivity index (χ2n) is 5.43. The van der Waals surface area contributed by atoms with Crippen molar-refractivity contribution in [3.05, 3.63) is 30.2 Å². The first-order chi connectivity index (χ1) is 9.76. The van der Waals surface area contributed by atoms with Gasteiger partial charge >= 0.3 is 6.09 Å². The fourth-order valence-corrected chi connectivity index (χ4v) is 1.68. The number of carbonyl (C=O) groups is 1. The summed E-state index contributed by atoms with van der Waals surface area (Å²) in [5.41, 5.74) is 5.90. The lowest BCUT2D eigenvalue weighted by atomic mass is 10.1. The molecule has 1 aromatic carbocycles. The van der Waals surface area contributed by atoms with Gasteiger partial charge in [0.2, 0.25) is 0 Å². The Morgan fingerprint density at radius 2 is 2.14 bits per heavy atom. The number of rotatable bonds is 2. The first-order valence-electron chi connectivity index (χ1n) is 6.26. The number of nitrogen functional groups attached to an aromatic ring is 1. The van der Waals surface area contributed by atoms with Crippen LogP contribution in [0.15, 0.2) is 28.9 Å². The highest BCUT2D eigenvalue weighted by molar-refractivity contribution is 5.92. The minimum absolute atomic E-state index is 0.181. The predicted octanol–water partition coefficient (Wildman–Crippen LogP) is 3.41. The summed E-state index contributed by atoms with van der Waals surface area (Å²) in [5.74, 6) is -0.309. The first kappa shape index (κ1) is 14.8. The Hall–Kier alpha value is -2.57. The standard InChI is InChI=1S/C14H16FN3O3/c1-14(2,3)20-13(19)18-11-5-4-8(15)6-9(11)12-10(16)7-17-21-12/h4-7H,16H2,1-3H3,(H,18,19). The second-order valence-corrected chi connectivity index (χ2v) is 5.43.